The van der Waals surface area contributed by atoms with Crippen LogP contribution in [0.2, 0.25) is 0 Å². The minimum atomic E-state index is 0.440. The molecule has 0 amide bonds. The summed E-state index contributed by atoms with van der Waals surface area (Å²) in [7, 11) is 0. The maximum absolute atomic E-state index is 5.63. The molecule has 0 aliphatic carbocycles. The fourth-order valence-electron chi connectivity index (χ4n) is 1.92. The van der Waals surface area contributed by atoms with Crippen molar-refractivity contribution in [2.45, 2.75) is 45.6 Å². The molecule has 0 spiro atoms. The van der Waals surface area contributed by atoms with Gasteiger partial charge in [-0.2, -0.15) is 0 Å². The van der Waals surface area contributed by atoms with E-state index in [2.05, 4.69) is 29.8 Å². The Morgan fingerprint density at radius 2 is 2.33 bits per heavy atom. The SMILES string of the molecule is CCCCC1(CBr)CCOC1C. The van der Waals surface area contributed by atoms with Crippen molar-refractivity contribution < 1.29 is 4.74 Å². The molecule has 0 aromatic carbocycles. The monoisotopic (exact) mass is 234 g/mol. The number of unbranched alkanes of at least 4 members (excludes halogenated alkanes) is 1. The zero-order valence-corrected chi connectivity index (χ0v) is 9.69. The first kappa shape index (κ1) is 10.5. The maximum Gasteiger partial charge on any atom is 0.0612 e. The van der Waals surface area contributed by atoms with Crippen LogP contribution in [-0.4, -0.2) is 18.0 Å². The number of rotatable bonds is 4. The van der Waals surface area contributed by atoms with Crippen LogP contribution in [0.5, 0.6) is 0 Å². The molecule has 0 bridgehead atoms. The van der Waals surface area contributed by atoms with Crippen molar-refractivity contribution in [1.82, 2.24) is 0 Å². The fraction of sp³-hybridized carbons (Fsp3) is 1.00. The van der Waals surface area contributed by atoms with Crippen molar-refractivity contribution in [3.8, 4) is 0 Å². The highest BCUT2D eigenvalue weighted by Crippen LogP contribution is 2.40. The molecule has 0 saturated carbocycles. The summed E-state index contributed by atoms with van der Waals surface area (Å²) in [5.41, 5.74) is 0.440. The third-order valence-electron chi connectivity index (χ3n) is 3.12. The van der Waals surface area contributed by atoms with Crippen LogP contribution in [0.1, 0.15) is 39.5 Å². The molecule has 1 saturated heterocycles. The zero-order chi connectivity index (χ0) is 9.03. The third kappa shape index (κ3) is 2.02. The third-order valence-corrected chi connectivity index (χ3v) is 4.24. The lowest BCUT2D eigenvalue weighted by Crippen LogP contribution is -2.30. The Hall–Kier alpha value is 0.440. The van der Waals surface area contributed by atoms with Crippen LogP contribution in [0.25, 0.3) is 0 Å². The van der Waals surface area contributed by atoms with Gasteiger partial charge in [-0.1, -0.05) is 35.7 Å². The van der Waals surface area contributed by atoms with E-state index in [1.54, 1.807) is 0 Å². The van der Waals surface area contributed by atoms with Gasteiger partial charge in [-0.3, -0.25) is 0 Å². The normalized spacial score (nSPS) is 35.8. The number of halogens is 1. The van der Waals surface area contributed by atoms with Crippen LogP contribution in [0.15, 0.2) is 0 Å². The minimum Gasteiger partial charge on any atom is -0.378 e. The van der Waals surface area contributed by atoms with Crippen LogP contribution in [0.4, 0.5) is 0 Å². The van der Waals surface area contributed by atoms with E-state index in [-0.39, 0.29) is 0 Å². The summed E-state index contributed by atoms with van der Waals surface area (Å²) >= 11 is 3.62. The van der Waals surface area contributed by atoms with Crippen molar-refractivity contribution in [3.63, 3.8) is 0 Å². The van der Waals surface area contributed by atoms with Gasteiger partial charge in [0, 0.05) is 17.4 Å². The van der Waals surface area contributed by atoms with Gasteiger partial charge in [0.15, 0.2) is 0 Å². The van der Waals surface area contributed by atoms with Gasteiger partial charge in [0.05, 0.1) is 6.10 Å². The Morgan fingerprint density at radius 1 is 1.58 bits per heavy atom. The molecule has 0 aromatic rings. The van der Waals surface area contributed by atoms with Gasteiger partial charge in [0.25, 0.3) is 0 Å². The molecule has 1 aliphatic heterocycles. The van der Waals surface area contributed by atoms with Gasteiger partial charge < -0.3 is 4.74 Å². The van der Waals surface area contributed by atoms with Gasteiger partial charge in [-0.15, -0.1) is 0 Å². The lowest BCUT2D eigenvalue weighted by molar-refractivity contribution is 0.0696. The molecule has 1 heterocycles. The lowest BCUT2D eigenvalue weighted by atomic mass is 9.79. The standard InChI is InChI=1S/C10H19BrO/c1-3-4-5-10(8-11)6-7-12-9(10)2/h9H,3-8H2,1-2H3. The molecule has 12 heavy (non-hydrogen) atoms. The molecule has 0 N–H and O–H groups in total. The number of hydrogen-bond donors (Lipinski definition) is 0. The Kier molecular flexibility index (Phi) is 4.04. The second-order valence-electron chi connectivity index (χ2n) is 3.86. The first-order chi connectivity index (χ1) is 5.75. The van der Waals surface area contributed by atoms with E-state index in [1.807, 2.05) is 0 Å². The summed E-state index contributed by atoms with van der Waals surface area (Å²) < 4.78 is 5.63. The summed E-state index contributed by atoms with van der Waals surface area (Å²) in [5, 5.41) is 1.10. The Balaban J connectivity index is 2.49. The van der Waals surface area contributed by atoms with E-state index in [1.165, 1.54) is 25.7 Å². The second-order valence-corrected chi connectivity index (χ2v) is 4.42. The number of hydrogen-bond acceptors (Lipinski definition) is 1. The van der Waals surface area contributed by atoms with Crippen molar-refractivity contribution in [3.05, 3.63) is 0 Å². The highest BCUT2D eigenvalue weighted by Gasteiger charge is 2.39. The maximum atomic E-state index is 5.63. The molecule has 72 valence electrons. The Bertz CT molecular complexity index is 138. The molecule has 0 aromatic heterocycles. The zero-order valence-electron chi connectivity index (χ0n) is 8.11. The summed E-state index contributed by atoms with van der Waals surface area (Å²) in [4.78, 5) is 0. The summed E-state index contributed by atoms with van der Waals surface area (Å²) in [5.74, 6) is 0. The molecule has 1 aliphatic rings. The molecule has 1 rings (SSSR count). The van der Waals surface area contributed by atoms with Gasteiger partial charge >= 0.3 is 0 Å². The van der Waals surface area contributed by atoms with E-state index in [0.717, 1.165) is 11.9 Å². The average molecular weight is 235 g/mol. The van der Waals surface area contributed by atoms with Gasteiger partial charge in [0.2, 0.25) is 0 Å². The van der Waals surface area contributed by atoms with Crippen LogP contribution >= 0.6 is 15.9 Å². The van der Waals surface area contributed by atoms with Crippen LogP contribution in [0, 0.1) is 5.41 Å². The van der Waals surface area contributed by atoms with Crippen LogP contribution in [0.3, 0.4) is 0 Å². The number of ether oxygens (including phenoxy) is 1. The first-order valence-corrected chi connectivity index (χ1v) is 6.05. The summed E-state index contributed by atoms with van der Waals surface area (Å²) in [6, 6.07) is 0. The van der Waals surface area contributed by atoms with E-state index >= 15 is 0 Å². The molecule has 1 nitrogen and oxygen atoms in total. The van der Waals surface area contributed by atoms with E-state index in [4.69, 9.17) is 4.74 Å². The van der Waals surface area contributed by atoms with Crippen molar-refractivity contribution in [2.75, 3.05) is 11.9 Å². The van der Waals surface area contributed by atoms with E-state index in [0.29, 0.717) is 11.5 Å². The van der Waals surface area contributed by atoms with Crippen molar-refractivity contribution in [1.29, 1.82) is 0 Å². The first-order valence-electron chi connectivity index (χ1n) is 4.93. The highest BCUT2D eigenvalue weighted by molar-refractivity contribution is 9.09. The molecule has 2 heteroatoms. The van der Waals surface area contributed by atoms with Gasteiger partial charge in [-0.25, -0.2) is 0 Å². The molecule has 2 unspecified atom stereocenters. The average Bonchev–Trinajstić information content (AvgIpc) is 2.45. The van der Waals surface area contributed by atoms with Crippen molar-refractivity contribution in [2.24, 2.45) is 5.41 Å². The molecule has 0 radical (unpaired) electrons. The fourth-order valence-corrected chi connectivity index (χ4v) is 2.94. The Labute approximate surface area is 84.0 Å². The van der Waals surface area contributed by atoms with Gasteiger partial charge in [-0.05, 0) is 19.8 Å². The smallest absolute Gasteiger partial charge is 0.0612 e. The topological polar surface area (TPSA) is 9.23 Å². The largest absolute Gasteiger partial charge is 0.378 e. The summed E-state index contributed by atoms with van der Waals surface area (Å²) in [6.07, 6.45) is 5.62. The quantitative estimate of drug-likeness (QED) is 0.679. The molecule has 2 atom stereocenters. The molecular weight excluding hydrogens is 216 g/mol. The Morgan fingerprint density at radius 3 is 2.75 bits per heavy atom. The number of alkyl halides is 1. The highest BCUT2D eigenvalue weighted by atomic mass is 79.9. The van der Waals surface area contributed by atoms with Crippen LogP contribution in [-0.2, 0) is 4.74 Å². The summed E-state index contributed by atoms with van der Waals surface area (Å²) in [6.45, 7) is 5.42. The minimum absolute atomic E-state index is 0.440. The predicted octanol–water partition coefficient (Wildman–Crippen LogP) is 3.37. The molecule has 1 fully saturated rings. The van der Waals surface area contributed by atoms with Crippen molar-refractivity contribution >= 4 is 15.9 Å². The predicted molar refractivity (Wildman–Crippen MR) is 55.8 cm³/mol. The van der Waals surface area contributed by atoms with Crippen LogP contribution < -0.4 is 0 Å². The van der Waals surface area contributed by atoms with E-state index in [9.17, 15) is 0 Å². The second kappa shape index (κ2) is 4.61. The van der Waals surface area contributed by atoms with E-state index < -0.39 is 0 Å². The van der Waals surface area contributed by atoms with Gasteiger partial charge in [0.1, 0.15) is 0 Å². The lowest BCUT2D eigenvalue weighted by Gasteiger charge is -2.29. The molecular formula is C10H19BrO.